The molecule has 3 unspecified atom stereocenters. The quantitative estimate of drug-likeness (QED) is 0.284. The van der Waals surface area contributed by atoms with Crippen molar-refractivity contribution in [3.05, 3.63) is 33.9 Å². The summed E-state index contributed by atoms with van der Waals surface area (Å²) in [5, 5.41) is 42.8. The highest BCUT2D eigenvalue weighted by molar-refractivity contribution is 5.98. The molecule has 0 spiro atoms. The minimum atomic E-state index is -2.00. The van der Waals surface area contributed by atoms with Gasteiger partial charge in [-0.2, -0.15) is 0 Å². The number of piperidine rings is 1. The molecule has 0 radical (unpaired) electrons. The highest BCUT2D eigenvalue weighted by Crippen LogP contribution is 2.45. The monoisotopic (exact) mass is 577 g/mol. The van der Waals surface area contributed by atoms with Crippen molar-refractivity contribution in [1.29, 1.82) is 0 Å². The number of aromatic nitrogens is 1. The van der Waals surface area contributed by atoms with Gasteiger partial charge in [-0.05, 0) is 44.2 Å². The number of carbonyl (C=O) groups excluding carboxylic acids is 1. The van der Waals surface area contributed by atoms with E-state index in [-0.39, 0.29) is 28.9 Å². The fraction of sp³-hybridized carbons (Fsp3) is 0.593. The summed E-state index contributed by atoms with van der Waals surface area (Å²) in [6, 6.07) is 1.22. The first-order chi connectivity index (χ1) is 19.6. The van der Waals surface area contributed by atoms with E-state index in [1.165, 1.54) is 13.3 Å². The summed E-state index contributed by atoms with van der Waals surface area (Å²) in [7, 11) is 1.41. The van der Waals surface area contributed by atoms with E-state index >= 15 is 4.39 Å². The molecule has 7 atom stereocenters. The Bertz CT molecular complexity index is 1430. The summed E-state index contributed by atoms with van der Waals surface area (Å²) >= 11 is 0. The van der Waals surface area contributed by atoms with Gasteiger partial charge in [-0.15, -0.1) is 0 Å². The first-order valence-electron chi connectivity index (χ1n) is 13.7. The minimum absolute atomic E-state index is 0.0930. The zero-order chi connectivity index (χ0) is 29.2. The Balaban J connectivity index is 1.39. The molecule has 4 aliphatic rings. The standard InChI is InChI=1S/C27H32FN3O10/c1-39-23-17-13(7-15(28)18(23)30-8-11-3-2-6-29-16(11)10-30)19(32)14(9-31(17)12-4-5-12)26(38)41-27-22(35)20(33)21(34)24(40-27)25(36)37/h7,9,11-12,16,20-22,24,27,29,33-35H,2-6,8,10H2,1H3,(H,36,37)/t11-,16+,20?,21+,22?,24?,27+/m0/s1. The number of aliphatic hydroxyl groups is 3. The Kier molecular flexibility index (Phi) is 7.14. The molecule has 0 bridgehead atoms. The van der Waals surface area contributed by atoms with Crippen LogP contribution in [0.1, 0.15) is 42.1 Å². The predicted octanol–water partition coefficient (Wildman–Crippen LogP) is -0.279. The lowest BCUT2D eigenvalue weighted by atomic mass is 9.94. The van der Waals surface area contributed by atoms with Gasteiger partial charge in [0.15, 0.2) is 17.7 Å². The number of halogens is 1. The van der Waals surface area contributed by atoms with Crippen molar-refractivity contribution in [2.45, 2.75) is 68.5 Å². The maximum absolute atomic E-state index is 15.8. The van der Waals surface area contributed by atoms with E-state index in [0.29, 0.717) is 24.5 Å². The summed E-state index contributed by atoms with van der Waals surface area (Å²) < 4.78 is 33.4. The van der Waals surface area contributed by atoms with Crippen LogP contribution in [0, 0.1) is 11.7 Å². The molecular formula is C27H32FN3O10. The Labute approximate surface area is 233 Å². The van der Waals surface area contributed by atoms with E-state index in [1.807, 2.05) is 4.90 Å². The molecular weight excluding hydrogens is 545 g/mol. The van der Waals surface area contributed by atoms with Crippen LogP contribution >= 0.6 is 0 Å². The molecule has 14 heteroatoms. The van der Waals surface area contributed by atoms with Gasteiger partial charge in [-0.25, -0.2) is 14.0 Å². The van der Waals surface area contributed by atoms with Crippen LogP contribution in [-0.4, -0.2) is 100 Å². The first-order valence-corrected chi connectivity index (χ1v) is 13.7. The van der Waals surface area contributed by atoms with E-state index in [2.05, 4.69) is 5.32 Å². The number of fused-ring (bicyclic) bond motifs is 2. The number of carboxylic acids is 1. The molecule has 3 saturated heterocycles. The Morgan fingerprint density at radius 3 is 2.54 bits per heavy atom. The Hall–Kier alpha value is -3.30. The van der Waals surface area contributed by atoms with Crippen LogP contribution in [0.25, 0.3) is 10.9 Å². The molecule has 4 fully saturated rings. The molecule has 3 aliphatic heterocycles. The number of benzene rings is 1. The van der Waals surface area contributed by atoms with Crippen molar-refractivity contribution in [1.82, 2.24) is 9.88 Å². The molecule has 41 heavy (non-hydrogen) atoms. The lowest BCUT2D eigenvalue weighted by Crippen LogP contribution is -2.60. The molecule has 6 rings (SSSR count). The number of esters is 1. The van der Waals surface area contributed by atoms with Gasteiger partial charge in [0.2, 0.25) is 11.7 Å². The molecule has 1 aliphatic carbocycles. The van der Waals surface area contributed by atoms with Crippen molar-refractivity contribution in [3.8, 4) is 5.75 Å². The van der Waals surface area contributed by atoms with Gasteiger partial charge in [-0.3, -0.25) is 4.79 Å². The average Bonchev–Trinajstić information content (AvgIpc) is 3.70. The maximum Gasteiger partial charge on any atom is 0.346 e. The number of methoxy groups -OCH3 is 1. The number of nitrogens with one attached hydrogen (secondary N) is 1. The summed E-state index contributed by atoms with van der Waals surface area (Å²) in [6.45, 7) is 2.13. The molecule has 2 aromatic rings. The van der Waals surface area contributed by atoms with E-state index in [4.69, 9.17) is 14.2 Å². The van der Waals surface area contributed by atoms with Gasteiger partial charge in [0.25, 0.3) is 0 Å². The van der Waals surface area contributed by atoms with Crippen molar-refractivity contribution >= 4 is 28.5 Å². The van der Waals surface area contributed by atoms with Crippen LogP contribution in [-0.2, 0) is 14.3 Å². The van der Waals surface area contributed by atoms with Crippen LogP contribution in [0.15, 0.2) is 17.1 Å². The van der Waals surface area contributed by atoms with Gasteiger partial charge >= 0.3 is 11.9 Å². The van der Waals surface area contributed by atoms with Crippen molar-refractivity contribution in [2.75, 3.05) is 31.6 Å². The van der Waals surface area contributed by atoms with Gasteiger partial charge in [0, 0.05) is 31.4 Å². The SMILES string of the molecule is COc1c(N2C[C@@H]3CCCN[C@@H]3C2)c(F)cc2c(=O)c(C(=O)O[C@H]3OC(C(=O)O)[C@H](O)C(O)C3O)cn(C3CC3)c12. The number of nitrogens with zero attached hydrogens (tertiary/aromatic N) is 2. The van der Waals surface area contributed by atoms with Crippen LogP contribution in [0.4, 0.5) is 10.1 Å². The number of aliphatic hydroxyl groups excluding tert-OH is 3. The summed E-state index contributed by atoms with van der Waals surface area (Å²) in [5.41, 5.74) is -0.762. The lowest BCUT2D eigenvalue weighted by molar-refractivity contribution is -0.278. The second-order valence-corrected chi connectivity index (χ2v) is 11.2. The van der Waals surface area contributed by atoms with Crippen molar-refractivity contribution in [2.24, 2.45) is 5.92 Å². The van der Waals surface area contributed by atoms with Gasteiger partial charge in [0.05, 0.1) is 18.0 Å². The zero-order valence-electron chi connectivity index (χ0n) is 22.2. The summed E-state index contributed by atoms with van der Waals surface area (Å²) in [4.78, 5) is 40.1. The van der Waals surface area contributed by atoms with E-state index in [9.17, 15) is 34.8 Å². The maximum atomic E-state index is 15.8. The predicted molar refractivity (Wildman–Crippen MR) is 139 cm³/mol. The first kappa shape index (κ1) is 27.8. The summed E-state index contributed by atoms with van der Waals surface area (Å²) in [6.07, 6.45) is -5.10. The van der Waals surface area contributed by atoms with Crippen LogP contribution < -0.4 is 20.4 Å². The van der Waals surface area contributed by atoms with Crippen molar-refractivity contribution < 1.29 is 48.6 Å². The number of rotatable bonds is 6. The van der Waals surface area contributed by atoms with Crippen LogP contribution in [0.2, 0.25) is 0 Å². The van der Waals surface area contributed by atoms with Crippen LogP contribution in [0.5, 0.6) is 5.75 Å². The largest absolute Gasteiger partial charge is 0.492 e. The molecule has 13 nitrogen and oxygen atoms in total. The van der Waals surface area contributed by atoms with E-state index in [0.717, 1.165) is 38.3 Å². The highest BCUT2D eigenvalue weighted by Gasteiger charge is 2.49. The third-order valence-corrected chi connectivity index (χ3v) is 8.51. The number of carbonyl (C=O) groups is 2. The average molecular weight is 578 g/mol. The second-order valence-electron chi connectivity index (χ2n) is 11.2. The number of hydrogen-bond donors (Lipinski definition) is 5. The van der Waals surface area contributed by atoms with Crippen LogP contribution in [0.3, 0.4) is 0 Å². The molecule has 0 amide bonds. The van der Waals surface area contributed by atoms with Gasteiger partial charge < -0.3 is 49.4 Å². The molecule has 5 N–H and O–H groups in total. The Morgan fingerprint density at radius 2 is 1.88 bits per heavy atom. The smallest absolute Gasteiger partial charge is 0.346 e. The second kappa shape index (κ2) is 10.5. The number of anilines is 1. The third kappa shape index (κ3) is 4.73. The fourth-order valence-electron chi connectivity index (χ4n) is 6.26. The Morgan fingerprint density at radius 1 is 1.12 bits per heavy atom. The number of hydrogen-bond acceptors (Lipinski definition) is 11. The molecule has 1 aromatic heterocycles. The van der Waals surface area contributed by atoms with Gasteiger partial charge in [0.1, 0.15) is 29.6 Å². The highest BCUT2D eigenvalue weighted by atomic mass is 19.1. The van der Waals surface area contributed by atoms with E-state index < -0.39 is 59.5 Å². The number of ether oxygens (including phenoxy) is 3. The topological polar surface area (TPSA) is 180 Å². The molecule has 1 aromatic carbocycles. The number of pyridine rings is 1. The number of aliphatic carboxylic acids is 1. The zero-order valence-corrected chi connectivity index (χ0v) is 22.2. The molecule has 1 saturated carbocycles. The number of carboxylic acid groups (broad SMARTS) is 1. The van der Waals surface area contributed by atoms with Gasteiger partial charge in [-0.1, -0.05) is 0 Å². The normalized spacial score (nSPS) is 31.6. The lowest BCUT2D eigenvalue weighted by Gasteiger charge is -2.37. The van der Waals surface area contributed by atoms with E-state index in [1.54, 1.807) is 4.57 Å². The third-order valence-electron chi connectivity index (χ3n) is 8.51. The van der Waals surface area contributed by atoms with Crippen molar-refractivity contribution in [3.63, 3.8) is 0 Å². The summed E-state index contributed by atoms with van der Waals surface area (Å²) in [5.74, 6) is -3.05. The fourth-order valence-corrected chi connectivity index (χ4v) is 6.26. The molecule has 222 valence electrons. The minimum Gasteiger partial charge on any atom is -0.492 e. The molecule has 4 heterocycles.